The fraction of sp³-hybridized carbons (Fsp3) is 0.368. The molecule has 2 N–H and O–H groups in total. The van der Waals surface area contributed by atoms with E-state index in [1.807, 2.05) is 41.3 Å². The number of aryl methyl sites for hydroxylation is 1. The lowest BCUT2D eigenvalue weighted by Crippen LogP contribution is -2.33. The molecular formula is C19H25N5O. The molecule has 6 heteroatoms. The standard InChI is InChI=1S/C19H25N5O/c1-13-9-22-24(12-13)15(3)14(2)20-10-17-11-21-23-19(17)16-5-7-18(25-4)8-6-16/h5-9,11-12,14-15,20H,10H2,1-4H3,(H,21,23)/t14-,15+/m1/s1. The van der Waals surface area contributed by atoms with Gasteiger partial charge in [0.2, 0.25) is 0 Å². The number of H-pyrrole nitrogens is 1. The SMILES string of the molecule is COc1ccc(-c2[nH]ncc2CN[C@H](C)[C@H](C)n2cc(C)cn2)cc1. The van der Waals surface area contributed by atoms with E-state index in [-0.39, 0.29) is 12.1 Å². The molecule has 0 radical (unpaired) electrons. The predicted molar refractivity (Wildman–Crippen MR) is 98.6 cm³/mol. The van der Waals surface area contributed by atoms with Crippen LogP contribution in [0.25, 0.3) is 11.3 Å². The molecule has 0 aliphatic heterocycles. The van der Waals surface area contributed by atoms with Crippen LogP contribution >= 0.6 is 0 Å². The highest BCUT2D eigenvalue weighted by Gasteiger charge is 2.16. The van der Waals surface area contributed by atoms with Crippen molar-refractivity contribution in [2.24, 2.45) is 0 Å². The number of aromatic nitrogens is 4. The van der Waals surface area contributed by atoms with Crippen LogP contribution in [0.2, 0.25) is 0 Å². The maximum absolute atomic E-state index is 5.22. The van der Waals surface area contributed by atoms with E-state index >= 15 is 0 Å². The minimum absolute atomic E-state index is 0.269. The summed E-state index contributed by atoms with van der Waals surface area (Å²) in [5.74, 6) is 0.847. The molecule has 0 aliphatic carbocycles. The van der Waals surface area contributed by atoms with Gasteiger partial charge < -0.3 is 10.1 Å². The van der Waals surface area contributed by atoms with Crippen LogP contribution in [0.3, 0.4) is 0 Å². The summed E-state index contributed by atoms with van der Waals surface area (Å²) in [5, 5.41) is 15.3. The summed E-state index contributed by atoms with van der Waals surface area (Å²) in [7, 11) is 1.67. The van der Waals surface area contributed by atoms with Crippen molar-refractivity contribution in [1.82, 2.24) is 25.3 Å². The van der Waals surface area contributed by atoms with Gasteiger partial charge in [-0.1, -0.05) is 0 Å². The molecule has 3 aromatic rings. The molecule has 2 heterocycles. The van der Waals surface area contributed by atoms with Crippen molar-refractivity contribution in [1.29, 1.82) is 0 Å². The second-order valence-electron chi connectivity index (χ2n) is 6.41. The first kappa shape index (κ1) is 17.2. The molecule has 25 heavy (non-hydrogen) atoms. The lowest BCUT2D eigenvalue weighted by molar-refractivity contribution is 0.365. The Kier molecular flexibility index (Phi) is 5.19. The van der Waals surface area contributed by atoms with Gasteiger partial charge >= 0.3 is 0 Å². The number of benzene rings is 1. The van der Waals surface area contributed by atoms with Crippen LogP contribution in [0.1, 0.15) is 31.0 Å². The second kappa shape index (κ2) is 7.53. The summed E-state index contributed by atoms with van der Waals surface area (Å²) in [6.45, 7) is 7.14. The molecule has 0 spiro atoms. The maximum atomic E-state index is 5.22. The fourth-order valence-electron chi connectivity index (χ4n) is 2.78. The van der Waals surface area contributed by atoms with Crippen molar-refractivity contribution < 1.29 is 4.74 Å². The Morgan fingerprint density at radius 3 is 2.60 bits per heavy atom. The first-order valence-corrected chi connectivity index (χ1v) is 8.49. The Morgan fingerprint density at radius 1 is 1.20 bits per heavy atom. The highest BCUT2D eigenvalue weighted by molar-refractivity contribution is 5.63. The van der Waals surface area contributed by atoms with Crippen molar-refractivity contribution in [3.05, 3.63) is 54.0 Å². The van der Waals surface area contributed by atoms with E-state index in [0.717, 1.165) is 29.1 Å². The second-order valence-corrected chi connectivity index (χ2v) is 6.41. The molecular weight excluding hydrogens is 314 g/mol. The molecule has 132 valence electrons. The predicted octanol–water partition coefficient (Wildman–Crippen LogP) is 3.33. The Balaban J connectivity index is 1.66. The van der Waals surface area contributed by atoms with Gasteiger partial charge in [0.05, 0.1) is 31.2 Å². The molecule has 0 saturated carbocycles. The summed E-state index contributed by atoms with van der Waals surface area (Å²) < 4.78 is 7.23. The van der Waals surface area contributed by atoms with Crippen molar-refractivity contribution in [2.75, 3.05) is 7.11 Å². The Hall–Kier alpha value is -2.60. The molecule has 0 aliphatic rings. The van der Waals surface area contributed by atoms with E-state index in [9.17, 15) is 0 Å². The zero-order valence-corrected chi connectivity index (χ0v) is 15.2. The molecule has 0 saturated heterocycles. The zero-order valence-electron chi connectivity index (χ0n) is 15.2. The van der Waals surface area contributed by atoms with E-state index in [0.29, 0.717) is 0 Å². The largest absolute Gasteiger partial charge is 0.497 e. The topological polar surface area (TPSA) is 67.8 Å². The number of methoxy groups -OCH3 is 1. The van der Waals surface area contributed by atoms with Gasteiger partial charge in [-0.3, -0.25) is 9.78 Å². The lowest BCUT2D eigenvalue weighted by atomic mass is 10.1. The van der Waals surface area contributed by atoms with E-state index in [1.54, 1.807) is 7.11 Å². The van der Waals surface area contributed by atoms with Crippen LogP contribution in [-0.4, -0.2) is 33.1 Å². The highest BCUT2D eigenvalue weighted by atomic mass is 16.5. The molecule has 2 aromatic heterocycles. The number of nitrogens with one attached hydrogen (secondary N) is 2. The third-order valence-electron chi connectivity index (χ3n) is 4.58. The van der Waals surface area contributed by atoms with Gasteiger partial charge in [0.15, 0.2) is 0 Å². The summed E-state index contributed by atoms with van der Waals surface area (Å²) >= 11 is 0. The Morgan fingerprint density at radius 2 is 1.96 bits per heavy atom. The summed E-state index contributed by atoms with van der Waals surface area (Å²) in [6, 6.07) is 8.53. The van der Waals surface area contributed by atoms with Gasteiger partial charge in [0.25, 0.3) is 0 Å². The van der Waals surface area contributed by atoms with E-state index in [4.69, 9.17) is 4.74 Å². The average molecular weight is 339 g/mol. The first-order chi connectivity index (χ1) is 12.1. The van der Waals surface area contributed by atoms with E-state index in [2.05, 4.69) is 47.6 Å². The fourth-order valence-corrected chi connectivity index (χ4v) is 2.78. The van der Waals surface area contributed by atoms with Crippen LogP contribution in [0.15, 0.2) is 42.9 Å². The van der Waals surface area contributed by atoms with Gasteiger partial charge in [-0.05, 0) is 50.6 Å². The molecule has 6 nitrogen and oxygen atoms in total. The average Bonchev–Trinajstić information content (AvgIpc) is 3.28. The Bertz CT molecular complexity index is 805. The van der Waals surface area contributed by atoms with Crippen LogP contribution in [0.4, 0.5) is 0 Å². The van der Waals surface area contributed by atoms with Crippen LogP contribution < -0.4 is 10.1 Å². The normalized spacial score (nSPS) is 13.6. The number of ether oxygens (including phenoxy) is 1. The number of aromatic amines is 1. The molecule has 3 rings (SSSR count). The third kappa shape index (κ3) is 3.91. The smallest absolute Gasteiger partial charge is 0.118 e. The summed E-state index contributed by atoms with van der Waals surface area (Å²) in [4.78, 5) is 0. The third-order valence-corrected chi connectivity index (χ3v) is 4.58. The molecule has 0 bridgehead atoms. The molecule has 1 aromatic carbocycles. The van der Waals surface area contributed by atoms with Crippen LogP contribution in [-0.2, 0) is 6.54 Å². The van der Waals surface area contributed by atoms with Gasteiger partial charge in [-0.25, -0.2) is 0 Å². The number of hydrogen-bond donors (Lipinski definition) is 2. The van der Waals surface area contributed by atoms with Gasteiger partial charge in [-0.2, -0.15) is 10.2 Å². The van der Waals surface area contributed by atoms with E-state index < -0.39 is 0 Å². The lowest BCUT2D eigenvalue weighted by Gasteiger charge is -2.22. The van der Waals surface area contributed by atoms with Gasteiger partial charge in [-0.15, -0.1) is 0 Å². The monoisotopic (exact) mass is 339 g/mol. The maximum Gasteiger partial charge on any atom is 0.118 e. The minimum Gasteiger partial charge on any atom is -0.497 e. The first-order valence-electron chi connectivity index (χ1n) is 8.49. The summed E-state index contributed by atoms with van der Waals surface area (Å²) in [5.41, 5.74) is 4.44. The van der Waals surface area contributed by atoms with Crippen molar-refractivity contribution in [3.63, 3.8) is 0 Å². The van der Waals surface area contributed by atoms with Crippen molar-refractivity contribution in [3.8, 4) is 17.0 Å². The molecule has 0 unspecified atom stereocenters. The van der Waals surface area contributed by atoms with Crippen LogP contribution in [0.5, 0.6) is 5.75 Å². The number of rotatable bonds is 7. The van der Waals surface area contributed by atoms with Gasteiger partial charge in [0, 0.05) is 29.9 Å². The van der Waals surface area contributed by atoms with Crippen LogP contribution in [0, 0.1) is 6.92 Å². The molecule has 2 atom stereocenters. The number of hydrogen-bond acceptors (Lipinski definition) is 4. The van der Waals surface area contributed by atoms with Gasteiger partial charge in [0.1, 0.15) is 5.75 Å². The zero-order chi connectivity index (χ0) is 17.8. The molecule has 0 amide bonds. The highest BCUT2D eigenvalue weighted by Crippen LogP contribution is 2.24. The van der Waals surface area contributed by atoms with Crippen molar-refractivity contribution >= 4 is 0 Å². The number of nitrogens with zero attached hydrogens (tertiary/aromatic N) is 3. The summed E-state index contributed by atoms with van der Waals surface area (Å²) in [6.07, 6.45) is 5.84. The van der Waals surface area contributed by atoms with E-state index in [1.165, 1.54) is 5.56 Å². The molecule has 0 fully saturated rings. The minimum atomic E-state index is 0.269. The van der Waals surface area contributed by atoms with Crippen molar-refractivity contribution in [2.45, 2.75) is 39.4 Å². The Labute approximate surface area is 148 Å². The quantitative estimate of drug-likeness (QED) is 0.693.